The van der Waals surface area contributed by atoms with Crippen LogP contribution in [-0.4, -0.2) is 11.1 Å². The molecule has 68 valence electrons. The summed E-state index contributed by atoms with van der Waals surface area (Å²) in [4.78, 5) is 10.6. The van der Waals surface area contributed by atoms with E-state index in [1.807, 2.05) is 0 Å². The number of unbranched alkanes of at least 4 members (excludes halogenated alkanes) is 1. The van der Waals surface area contributed by atoms with Crippen molar-refractivity contribution in [3.05, 3.63) is 21.9 Å². The molecular weight excluding hydrogens is 154 g/mol. The first-order valence-electron chi connectivity index (χ1n) is 4.36. The Kier molecular flexibility index (Phi) is 3.00. The van der Waals surface area contributed by atoms with Crippen LogP contribution in [0.5, 0.6) is 0 Å². The molecule has 0 radical (unpaired) electrons. The molecule has 0 saturated carbocycles. The zero-order chi connectivity index (χ0) is 9.14. The molecule has 1 rings (SSSR count). The van der Waals surface area contributed by atoms with Crippen LogP contribution in [0.15, 0.2) is 10.9 Å². The number of aliphatic hydroxyl groups excluding tert-OH is 1. The Hall–Kier alpha value is -0.670. The summed E-state index contributed by atoms with van der Waals surface area (Å²) in [6, 6.07) is 1.17. The molecule has 0 heterocycles. The molecule has 0 bridgehead atoms. The fourth-order valence-corrected chi connectivity index (χ4v) is 1.16. The Bertz CT molecular complexity index is 250. The lowest BCUT2D eigenvalue weighted by Gasteiger charge is -2.14. The summed E-state index contributed by atoms with van der Waals surface area (Å²) < 4.78 is 0. The highest BCUT2D eigenvalue weighted by Crippen LogP contribution is 2.17. The van der Waals surface area contributed by atoms with Gasteiger partial charge in [-0.3, -0.25) is 4.79 Å². The van der Waals surface area contributed by atoms with Gasteiger partial charge in [0.1, 0.15) is 0 Å². The molecule has 3 N–H and O–H groups in total. The van der Waals surface area contributed by atoms with Gasteiger partial charge in [-0.05, 0) is 12.5 Å². The smallest absolute Gasteiger partial charge is 0.185 e. The number of rotatable bonds is 5. The van der Waals surface area contributed by atoms with Crippen LogP contribution in [0.4, 0.5) is 0 Å². The van der Waals surface area contributed by atoms with Gasteiger partial charge >= 0.3 is 0 Å². The van der Waals surface area contributed by atoms with E-state index in [1.165, 1.54) is 6.07 Å². The van der Waals surface area contributed by atoms with Gasteiger partial charge in [-0.2, -0.15) is 0 Å². The summed E-state index contributed by atoms with van der Waals surface area (Å²) in [6.07, 6.45) is 2.11. The molecule has 0 aliphatic carbocycles. The molecular formula is C9H15NO2. The number of nitrogens with two attached hydrogens (primary N) is 1. The Morgan fingerprint density at radius 3 is 2.67 bits per heavy atom. The molecule has 1 aromatic carbocycles. The zero-order valence-electron chi connectivity index (χ0n) is 7.29. The van der Waals surface area contributed by atoms with Crippen molar-refractivity contribution in [3.63, 3.8) is 0 Å². The van der Waals surface area contributed by atoms with Crippen molar-refractivity contribution in [2.24, 2.45) is 5.73 Å². The summed E-state index contributed by atoms with van der Waals surface area (Å²) in [5.74, 6) is 0. The normalized spacial score (nSPS) is 16.6. The average molecular weight is 169 g/mol. The van der Waals surface area contributed by atoms with Gasteiger partial charge in [0.05, 0.1) is 6.10 Å². The van der Waals surface area contributed by atoms with E-state index < -0.39 is 6.10 Å². The predicted molar refractivity (Wildman–Crippen MR) is 47.5 cm³/mol. The minimum atomic E-state index is -0.732. The molecule has 0 aliphatic heterocycles. The second kappa shape index (κ2) is 3.83. The maximum absolute atomic E-state index is 10.6. The molecule has 0 amide bonds. The Labute approximate surface area is 71.9 Å². The summed E-state index contributed by atoms with van der Waals surface area (Å²) in [6.45, 7) is 2.07. The van der Waals surface area contributed by atoms with Crippen LogP contribution in [0.25, 0.3) is 0 Å². The number of hydrogen-bond acceptors (Lipinski definition) is 3. The Morgan fingerprint density at radius 2 is 2.25 bits per heavy atom. The Morgan fingerprint density at radius 1 is 1.67 bits per heavy atom. The fraction of sp³-hybridized carbons (Fsp3) is 0.667. The van der Waals surface area contributed by atoms with E-state index in [2.05, 4.69) is 6.92 Å². The number of aliphatic hydroxyl groups is 1. The van der Waals surface area contributed by atoms with Crippen LogP contribution < -0.4 is 11.2 Å². The highest BCUT2D eigenvalue weighted by molar-refractivity contribution is 5.27. The topological polar surface area (TPSA) is 63.3 Å². The SMILES string of the molecule is CCCC[C@H](N)C(O)c1cc1=O. The zero-order valence-corrected chi connectivity index (χ0v) is 7.29. The van der Waals surface area contributed by atoms with Crippen LogP contribution in [0, 0.1) is 0 Å². The molecule has 3 nitrogen and oxygen atoms in total. The first-order chi connectivity index (χ1) is 5.66. The highest BCUT2D eigenvalue weighted by atomic mass is 16.3. The minimum absolute atomic E-state index is 0.0468. The van der Waals surface area contributed by atoms with Crippen molar-refractivity contribution < 1.29 is 5.11 Å². The predicted octanol–water partition coefficient (Wildman–Crippen LogP) is 0.473. The summed E-state index contributed by atoms with van der Waals surface area (Å²) >= 11 is 0. The minimum Gasteiger partial charge on any atom is -0.387 e. The fourth-order valence-electron chi connectivity index (χ4n) is 1.16. The first-order valence-corrected chi connectivity index (χ1v) is 4.36. The standard InChI is InChI=1S/C9H15NO2/c1-2-3-4-7(10)9(12)6-5-8(6)11/h5,7,9,12H,2-4,10H2,1H3/t7-,9?/m0/s1. The molecule has 1 unspecified atom stereocenters. The molecule has 12 heavy (non-hydrogen) atoms. The van der Waals surface area contributed by atoms with Crippen molar-refractivity contribution in [2.45, 2.75) is 38.3 Å². The van der Waals surface area contributed by atoms with Crippen LogP contribution in [0.1, 0.15) is 37.9 Å². The molecule has 1 aromatic rings. The van der Waals surface area contributed by atoms with E-state index in [0.717, 1.165) is 19.3 Å². The van der Waals surface area contributed by atoms with Gasteiger partial charge in [0, 0.05) is 11.6 Å². The first kappa shape index (κ1) is 9.42. The lowest BCUT2D eigenvalue weighted by molar-refractivity contribution is 0.144. The van der Waals surface area contributed by atoms with E-state index in [-0.39, 0.29) is 11.5 Å². The summed E-state index contributed by atoms with van der Waals surface area (Å²) in [5.41, 5.74) is 6.12. The van der Waals surface area contributed by atoms with Gasteiger partial charge in [-0.1, -0.05) is 19.8 Å². The molecule has 2 atom stereocenters. The second-order valence-electron chi connectivity index (χ2n) is 3.21. The highest BCUT2D eigenvalue weighted by Gasteiger charge is 2.23. The molecule has 0 aliphatic rings. The second-order valence-corrected chi connectivity index (χ2v) is 3.21. The maximum atomic E-state index is 10.6. The molecule has 0 saturated heterocycles. The van der Waals surface area contributed by atoms with E-state index >= 15 is 0 Å². The monoisotopic (exact) mass is 169 g/mol. The van der Waals surface area contributed by atoms with Crippen molar-refractivity contribution >= 4 is 0 Å². The molecule has 0 fully saturated rings. The van der Waals surface area contributed by atoms with E-state index in [9.17, 15) is 9.90 Å². The van der Waals surface area contributed by atoms with Crippen LogP contribution in [0.3, 0.4) is 0 Å². The molecule has 0 spiro atoms. The van der Waals surface area contributed by atoms with E-state index in [0.29, 0.717) is 5.56 Å². The Balaban J connectivity index is 2.32. The third kappa shape index (κ3) is 2.16. The quantitative estimate of drug-likeness (QED) is 0.673. The van der Waals surface area contributed by atoms with Gasteiger partial charge in [0.25, 0.3) is 0 Å². The van der Waals surface area contributed by atoms with Gasteiger partial charge in [0.2, 0.25) is 0 Å². The van der Waals surface area contributed by atoms with Crippen LogP contribution in [-0.2, 0) is 0 Å². The number of hydrogen-bond donors (Lipinski definition) is 2. The van der Waals surface area contributed by atoms with E-state index in [1.54, 1.807) is 0 Å². The van der Waals surface area contributed by atoms with Crippen molar-refractivity contribution in [3.8, 4) is 0 Å². The molecule has 0 aromatic heterocycles. The third-order valence-electron chi connectivity index (χ3n) is 2.10. The lowest BCUT2D eigenvalue weighted by atomic mass is 10.0. The van der Waals surface area contributed by atoms with Gasteiger partial charge < -0.3 is 10.8 Å². The van der Waals surface area contributed by atoms with Gasteiger partial charge in [0.15, 0.2) is 5.43 Å². The maximum Gasteiger partial charge on any atom is 0.185 e. The van der Waals surface area contributed by atoms with Crippen LogP contribution in [0.2, 0.25) is 0 Å². The van der Waals surface area contributed by atoms with Crippen molar-refractivity contribution in [2.75, 3.05) is 0 Å². The largest absolute Gasteiger partial charge is 0.387 e. The van der Waals surface area contributed by atoms with Gasteiger partial charge in [-0.25, -0.2) is 0 Å². The van der Waals surface area contributed by atoms with Gasteiger partial charge in [-0.15, -0.1) is 0 Å². The third-order valence-corrected chi connectivity index (χ3v) is 2.10. The van der Waals surface area contributed by atoms with Crippen molar-refractivity contribution in [1.82, 2.24) is 0 Å². The van der Waals surface area contributed by atoms with Crippen LogP contribution >= 0.6 is 0 Å². The van der Waals surface area contributed by atoms with E-state index in [4.69, 9.17) is 5.73 Å². The van der Waals surface area contributed by atoms with Crippen molar-refractivity contribution in [1.29, 1.82) is 0 Å². The summed E-state index contributed by atoms with van der Waals surface area (Å²) in [7, 11) is 0. The summed E-state index contributed by atoms with van der Waals surface area (Å²) in [5, 5.41) is 9.44. The molecule has 3 heteroatoms. The average Bonchev–Trinajstić information content (AvgIpc) is 2.77. The lowest BCUT2D eigenvalue weighted by Crippen LogP contribution is -2.27.